The summed E-state index contributed by atoms with van der Waals surface area (Å²) in [5.41, 5.74) is 0.603. The van der Waals surface area contributed by atoms with Gasteiger partial charge in [-0.05, 0) is 12.1 Å². The second-order valence-corrected chi connectivity index (χ2v) is 4.15. The summed E-state index contributed by atoms with van der Waals surface area (Å²) in [7, 11) is 0. The third-order valence-corrected chi connectivity index (χ3v) is 2.61. The van der Waals surface area contributed by atoms with E-state index in [-0.39, 0.29) is 12.3 Å². The Morgan fingerprint density at radius 2 is 2.17 bits per heavy atom. The van der Waals surface area contributed by atoms with Gasteiger partial charge >= 0.3 is 0 Å². The molecule has 0 aliphatic carbocycles. The first kappa shape index (κ1) is 12.6. The maximum absolute atomic E-state index is 11.7. The second-order valence-electron chi connectivity index (χ2n) is 3.74. The number of carbonyl (C=O) groups is 1. The summed E-state index contributed by atoms with van der Waals surface area (Å²) < 4.78 is 5.18. The van der Waals surface area contributed by atoms with Gasteiger partial charge in [0.2, 0.25) is 17.7 Å². The van der Waals surface area contributed by atoms with E-state index in [9.17, 15) is 4.79 Å². The zero-order valence-electron chi connectivity index (χ0n) is 9.81. The van der Waals surface area contributed by atoms with Gasteiger partial charge in [-0.25, -0.2) is 0 Å². The highest BCUT2D eigenvalue weighted by Crippen LogP contribution is 2.20. The van der Waals surface area contributed by atoms with E-state index in [0.29, 0.717) is 28.9 Å². The van der Waals surface area contributed by atoms with E-state index in [1.165, 1.54) is 0 Å². The molecule has 94 valence electrons. The lowest BCUT2D eigenvalue weighted by Crippen LogP contribution is -2.12. The Balaban J connectivity index is 1.88. The summed E-state index contributed by atoms with van der Waals surface area (Å²) in [4.78, 5) is 11.7. The van der Waals surface area contributed by atoms with Crippen LogP contribution in [-0.2, 0) is 11.2 Å². The number of aromatic nitrogens is 2. The molecule has 6 heteroatoms. The van der Waals surface area contributed by atoms with Crippen LogP contribution < -0.4 is 5.32 Å². The number of hydrogen-bond acceptors (Lipinski definition) is 4. The third kappa shape index (κ3) is 3.30. The molecule has 0 aliphatic rings. The number of aryl methyl sites for hydroxylation is 2. The number of carbonyl (C=O) groups excluding carboxylic acids is 1. The van der Waals surface area contributed by atoms with Crippen molar-refractivity contribution in [1.29, 1.82) is 0 Å². The summed E-state index contributed by atoms with van der Waals surface area (Å²) in [6.07, 6.45) is 0.685. The van der Waals surface area contributed by atoms with Crippen molar-refractivity contribution < 1.29 is 9.21 Å². The van der Waals surface area contributed by atoms with Gasteiger partial charge in [-0.2, -0.15) is 0 Å². The molecule has 2 aromatic rings. The first-order chi connectivity index (χ1) is 8.65. The van der Waals surface area contributed by atoms with Crippen molar-refractivity contribution in [2.75, 3.05) is 5.32 Å². The predicted octanol–water partition coefficient (Wildman–Crippen LogP) is 2.60. The monoisotopic (exact) mass is 265 g/mol. The lowest BCUT2D eigenvalue weighted by molar-refractivity contribution is -0.116. The van der Waals surface area contributed by atoms with Gasteiger partial charge in [0, 0.05) is 19.8 Å². The number of benzene rings is 1. The number of anilines is 1. The number of hydrogen-bond donors (Lipinski definition) is 1. The number of halogens is 1. The molecule has 0 spiro atoms. The molecular weight excluding hydrogens is 254 g/mol. The highest BCUT2D eigenvalue weighted by atomic mass is 35.5. The molecule has 1 N–H and O–H groups in total. The van der Waals surface area contributed by atoms with E-state index in [0.717, 1.165) is 0 Å². The zero-order chi connectivity index (χ0) is 13.0. The van der Waals surface area contributed by atoms with Crippen LogP contribution in [-0.4, -0.2) is 16.1 Å². The molecule has 0 fully saturated rings. The van der Waals surface area contributed by atoms with Gasteiger partial charge in [0.05, 0.1) is 10.7 Å². The lowest BCUT2D eigenvalue weighted by Gasteiger charge is -2.05. The van der Waals surface area contributed by atoms with Gasteiger partial charge in [-0.15, -0.1) is 10.2 Å². The third-order valence-electron chi connectivity index (χ3n) is 2.28. The van der Waals surface area contributed by atoms with Gasteiger partial charge in [-0.1, -0.05) is 23.7 Å². The minimum absolute atomic E-state index is 0.140. The van der Waals surface area contributed by atoms with E-state index < -0.39 is 0 Å². The topological polar surface area (TPSA) is 68.0 Å². The van der Waals surface area contributed by atoms with Crippen LogP contribution in [0.3, 0.4) is 0 Å². The van der Waals surface area contributed by atoms with Crippen molar-refractivity contribution in [2.24, 2.45) is 0 Å². The molecule has 0 aliphatic heterocycles. The van der Waals surface area contributed by atoms with E-state index in [1.54, 1.807) is 25.1 Å². The maximum atomic E-state index is 11.7. The van der Waals surface area contributed by atoms with E-state index in [4.69, 9.17) is 16.0 Å². The molecule has 5 nitrogen and oxygen atoms in total. The molecule has 0 atom stereocenters. The van der Waals surface area contributed by atoms with Crippen LogP contribution in [0.25, 0.3) is 0 Å². The van der Waals surface area contributed by atoms with Crippen molar-refractivity contribution in [3.05, 3.63) is 41.1 Å². The molecule has 1 heterocycles. The average Bonchev–Trinajstić information content (AvgIpc) is 2.76. The van der Waals surface area contributed by atoms with Crippen LogP contribution in [0.1, 0.15) is 18.2 Å². The Kier molecular flexibility index (Phi) is 3.94. The zero-order valence-corrected chi connectivity index (χ0v) is 10.6. The molecule has 0 saturated heterocycles. The van der Waals surface area contributed by atoms with Gasteiger partial charge in [0.15, 0.2) is 0 Å². The fourth-order valence-electron chi connectivity index (χ4n) is 1.43. The standard InChI is InChI=1S/C12H12ClN3O2/c1-8-15-16-12(18-8)7-6-11(17)14-10-5-3-2-4-9(10)13/h2-5H,6-7H2,1H3,(H,14,17). The first-order valence-electron chi connectivity index (χ1n) is 5.48. The molecule has 2 rings (SSSR count). The van der Waals surface area contributed by atoms with Gasteiger partial charge < -0.3 is 9.73 Å². The number of para-hydroxylation sites is 1. The minimum Gasteiger partial charge on any atom is -0.426 e. The van der Waals surface area contributed by atoms with Crippen molar-refractivity contribution in [3.8, 4) is 0 Å². The molecular formula is C12H12ClN3O2. The molecule has 1 amide bonds. The smallest absolute Gasteiger partial charge is 0.224 e. The van der Waals surface area contributed by atoms with Crippen LogP contribution in [0.2, 0.25) is 5.02 Å². The number of amides is 1. The molecule has 0 unspecified atom stereocenters. The van der Waals surface area contributed by atoms with Crippen LogP contribution in [0.4, 0.5) is 5.69 Å². The fourth-order valence-corrected chi connectivity index (χ4v) is 1.62. The quantitative estimate of drug-likeness (QED) is 0.923. The lowest BCUT2D eigenvalue weighted by atomic mass is 10.2. The fraction of sp³-hybridized carbons (Fsp3) is 0.250. The number of nitrogens with zero attached hydrogens (tertiary/aromatic N) is 2. The molecule has 1 aromatic carbocycles. The molecule has 0 saturated carbocycles. The molecule has 1 aromatic heterocycles. The van der Waals surface area contributed by atoms with Crippen molar-refractivity contribution >= 4 is 23.2 Å². The highest BCUT2D eigenvalue weighted by Gasteiger charge is 2.08. The number of nitrogens with one attached hydrogen (secondary N) is 1. The second kappa shape index (κ2) is 5.64. The van der Waals surface area contributed by atoms with Crippen LogP contribution in [0.5, 0.6) is 0 Å². The summed E-state index contributed by atoms with van der Waals surface area (Å²) in [5, 5.41) is 10.8. The van der Waals surface area contributed by atoms with Crippen molar-refractivity contribution in [2.45, 2.75) is 19.8 Å². The predicted molar refractivity (Wildman–Crippen MR) is 67.4 cm³/mol. The Hall–Kier alpha value is -1.88. The minimum atomic E-state index is -0.140. The Labute approximate surface area is 109 Å². The van der Waals surface area contributed by atoms with Gasteiger partial charge in [0.25, 0.3) is 0 Å². The molecule has 18 heavy (non-hydrogen) atoms. The Morgan fingerprint density at radius 1 is 1.39 bits per heavy atom. The maximum Gasteiger partial charge on any atom is 0.224 e. The van der Waals surface area contributed by atoms with Crippen molar-refractivity contribution in [1.82, 2.24) is 10.2 Å². The summed E-state index contributed by atoms with van der Waals surface area (Å²) in [5.74, 6) is 0.817. The summed E-state index contributed by atoms with van der Waals surface area (Å²) in [6.45, 7) is 1.71. The van der Waals surface area contributed by atoms with E-state index in [1.807, 2.05) is 6.07 Å². The Morgan fingerprint density at radius 3 is 2.83 bits per heavy atom. The average molecular weight is 266 g/mol. The largest absolute Gasteiger partial charge is 0.426 e. The van der Waals surface area contributed by atoms with Gasteiger partial charge in [-0.3, -0.25) is 4.79 Å². The highest BCUT2D eigenvalue weighted by molar-refractivity contribution is 6.33. The van der Waals surface area contributed by atoms with Crippen LogP contribution >= 0.6 is 11.6 Å². The molecule has 0 radical (unpaired) electrons. The SMILES string of the molecule is Cc1nnc(CCC(=O)Nc2ccccc2Cl)o1. The molecule has 0 bridgehead atoms. The van der Waals surface area contributed by atoms with E-state index in [2.05, 4.69) is 15.5 Å². The Bertz CT molecular complexity index is 554. The first-order valence-corrected chi connectivity index (χ1v) is 5.86. The van der Waals surface area contributed by atoms with Crippen LogP contribution in [0.15, 0.2) is 28.7 Å². The van der Waals surface area contributed by atoms with Crippen LogP contribution in [0, 0.1) is 6.92 Å². The van der Waals surface area contributed by atoms with Gasteiger partial charge in [0.1, 0.15) is 0 Å². The van der Waals surface area contributed by atoms with E-state index >= 15 is 0 Å². The van der Waals surface area contributed by atoms with Crippen molar-refractivity contribution in [3.63, 3.8) is 0 Å². The summed E-state index contributed by atoms with van der Waals surface area (Å²) in [6, 6.07) is 7.08. The summed E-state index contributed by atoms with van der Waals surface area (Å²) >= 11 is 5.93. The normalized spacial score (nSPS) is 10.3. The number of rotatable bonds is 4.